The van der Waals surface area contributed by atoms with Gasteiger partial charge in [0.05, 0.1) is 11.8 Å². The Kier molecular flexibility index (Phi) is 3.23. The molecule has 21 heavy (non-hydrogen) atoms. The van der Waals surface area contributed by atoms with Crippen molar-refractivity contribution in [1.82, 2.24) is 20.2 Å². The minimum Gasteiger partial charge on any atom is -0.307 e. The quantitative estimate of drug-likeness (QED) is 0.924. The highest BCUT2D eigenvalue weighted by atomic mass is 32.2. The van der Waals surface area contributed by atoms with Crippen LogP contribution in [0.2, 0.25) is 0 Å². The lowest BCUT2D eigenvalue weighted by molar-refractivity contribution is 0.562. The molecule has 7 heteroatoms. The monoisotopic (exact) mass is 303 g/mol. The summed E-state index contributed by atoms with van der Waals surface area (Å²) in [6, 6.07) is 6.67. The van der Waals surface area contributed by atoms with E-state index in [1.165, 1.54) is 12.1 Å². The second kappa shape index (κ2) is 5.23. The number of hydrogen-bond donors (Lipinski definition) is 1. The van der Waals surface area contributed by atoms with Gasteiger partial charge in [-0.05, 0) is 37.1 Å². The average Bonchev–Trinajstić information content (AvgIpc) is 3.16. The van der Waals surface area contributed by atoms with Crippen molar-refractivity contribution in [2.75, 3.05) is 12.3 Å². The van der Waals surface area contributed by atoms with E-state index in [1.807, 2.05) is 4.68 Å². The van der Waals surface area contributed by atoms with Gasteiger partial charge in [0.15, 0.2) is 5.82 Å². The first-order valence-corrected chi connectivity index (χ1v) is 7.95. The molecule has 1 unspecified atom stereocenters. The van der Waals surface area contributed by atoms with Crippen molar-refractivity contribution in [3.05, 3.63) is 41.5 Å². The van der Waals surface area contributed by atoms with Gasteiger partial charge in [-0.3, -0.25) is 0 Å². The van der Waals surface area contributed by atoms with Gasteiger partial charge in [0.25, 0.3) is 0 Å². The molecule has 1 aromatic carbocycles. The van der Waals surface area contributed by atoms with E-state index in [2.05, 4.69) is 20.6 Å². The molecular formula is C14H14FN5S. The molecule has 0 aliphatic carbocycles. The Morgan fingerprint density at radius 3 is 2.86 bits per heavy atom. The van der Waals surface area contributed by atoms with Crippen LogP contribution in [0.25, 0.3) is 0 Å². The summed E-state index contributed by atoms with van der Waals surface area (Å²) in [6.45, 7) is 1.01. The van der Waals surface area contributed by atoms with Crippen molar-refractivity contribution in [3.8, 4) is 0 Å². The van der Waals surface area contributed by atoms with Crippen LogP contribution in [0, 0.1) is 5.82 Å². The van der Waals surface area contributed by atoms with Gasteiger partial charge in [0.2, 0.25) is 5.16 Å². The first kappa shape index (κ1) is 13.0. The summed E-state index contributed by atoms with van der Waals surface area (Å²) in [4.78, 5) is 0. The van der Waals surface area contributed by atoms with Crippen LogP contribution in [-0.2, 0) is 0 Å². The van der Waals surface area contributed by atoms with E-state index in [4.69, 9.17) is 0 Å². The number of hydrogen-bond acceptors (Lipinski definition) is 5. The maximum atomic E-state index is 13.0. The summed E-state index contributed by atoms with van der Waals surface area (Å²) in [5, 5.41) is 17.4. The number of benzene rings is 1. The lowest BCUT2D eigenvalue weighted by atomic mass is 10.1. The fourth-order valence-electron chi connectivity index (χ4n) is 2.65. The molecule has 108 valence electrons. The highest BCUT2D eigenvalue weighted by Gasteiger charge is 2.26. The fourth-order valence-corrected chi connectivity index (χ4v) is 3.49. The second-order valence-electron chi connectivity index (χ2n) is 5.14. The third kappa shape index (κ3) is 2.36. The van der Waals surface area contributed by atoms with Gasteiger partial charge in [-0.15, -0.1) is 10.2 Å². The molecule has 4 rings (SSSR count). The highest BCUT2D eigenvalue weighted by molar-refractivity contribution is 7.99. The molecule has 0 saturated carbocycles. The fraction of sp³-hybridized carbons (Fsp3) is 0.357. The predicted octanol–water partition coefficient (Wildman–Crippen LogP) is 2.20. The maximum absolute atomic E-state index is 13.0. The Morgan fingerprint density at radius 1 is 1.24 bits per heavy atom. The highest BCUT2D eigenvalue weighted by Crippen LogP contribution is 2.29. The van der Waals surface area contributed by atoms with E-state index in [-0.39, 0.29) is 11.9 Å². The second-order valence-corrected chi connectivity index (χ2v) is 6.09. The van der Waals surface area contributed by atoms with Crippen molar-refractivity contribution in [2.45, 2.75) is 24.0 Å². The molecule has 0 amide bonds. The lowest BCUT2D eigenvalue weighted by Crippen LogP contribution is -2.20. The minimum atomic E-state index is -0.233. The number of rotatable bonds is 2. The Balaban J connectivity index is 1.72. The van der Waals surface area contributed by atoms with Crippen molar-refractivity contribution < 1.29 is 4.39 Å². The standard InChI is InChI=1S/C14H14FN5S/c15-10-5-3-9(4-6-10)12-8-21-14-18-17-13(20(14)19-12)11-2-1-7-16-11/h3-6,11,16H,1-2,7-8H2. The molecule has 1 N–H and O–H groups in total. The summed E-state index contributed by atoms with van der Waals surface area (Å²) in [5.41, 5.74) is 1.86. The first-order chi connectivity index (χ1) is 10.3. The van der Waals surface area contributed by atoms with E-state index >= 15 is 0 Å². The normalized spacial score (nSPS) is 21.2. The number of nitrogens with one attached hydrogen (secondary N) is 1. The van der Waals surface area contributed by atoms with E-state index in [1.54, 1.807) is 23.9 Å². The van der Waals surface area contributed by atoms with Gasteiger partial charge in [-0.25, -0.2) is 4.39 Å². The molecule has 0 radical (unpaired) electrons. The minimum absolute atomic E-state index is 0.225. The van der Waals surface area contributed by atoms with Crippen LogP contribution < -0.4 is 5.32 Å². The van der Waals surface area contributed by atoms with E-state index in [9.17, 15) is 4.39 Å². The van der Waals surface area contributed by atoms with Gasteiger partial charge in [-0.1, -0.05) is 23.9 Å². The molecule has 0 spiro atoms. The summed E-state index contributed by atoms with van der Waals surface area (Å²) in [7, 11) is 0. The van der Waals surface area contributed by atoms with Crippen LogP contribution in [-0.4, -0.2) is 32.9 Å². The van der Waals surface area contributed by atoms with Crippen LogP contribution in [0.3, 0.4) is 0 Å². The molecule has 0 bridgehead atoms. The van der Waals surface area contributed by atoms with Crippen LogP contribution in [0.1, 0.15) is 30.3 Å². The zero-order valence-electron chi connectivity index (χ0n) is 11.3. The topological polar surface area (TPSA) is 55.1 Å². The number of aromatic nitrogens is 3. The molecule has 3 heterocycles. The van der Waals surface area contributed by atoms with Crippen molar-refractivity contribution in [3.63, 3.8) is 0 Å². The molecule has 2 aromatic rings. The van der Waals surface area contributed by atoms with E-state index in [0.29, 0.717) is 0 Å². The Bertz CT molecular complexity index is 688. The lowest BCUT2D eigenvalue weighted by Gasteiger charge is -2.16. The van der Waals surface area contributed by atoms with Gasteiger partial charge in [0, 0.05) is 5.75 Å². The Hall–Kier alpha value is -1.73. The number of thioether (sulfide) groups is 1. The van der Waals surface area contributed by atoms with E-state index in [0.717, 1.165) is 47.4 Å². The molecule has 5 nitrogen and oxygen atoms in total. The van der Waals surface area contributed by atoms with Crippen LogP contribution in [0.4, 0.5) is 4.39 Å². The predicted molar refractivity (Wildman–Crippen MR) is 79.1 cm³/mol. The first-order valence-electron chi connectivity index (χ1n) is 6.96. The van der Waals surface area contributed by atoms with Crippen molar-refractivity contribution in [1.29, 1.82) is 0 Å². The van der Waals surface area contributed by atoms with Crippen LogP contribution in [0.15, 0.2) is 34.5 Å². The molecule has 1 atom stereocenters. The van der Waals surface area contributed by atoms with Gasteiger partial charge < -0.3 is 5.32 Å². The van der Waals surface area contributed by atoms with E-state index < -0.39 is 0 Å². The van der Waals surface area contributed by atoms with Crippen LogP contribution >= 0.6 is 11.8 Å². The molecular weight excluding hydrogens is 289 g/mol. The third-order valence-electron chi connectivity index (χ3n) is 3.74. The summed E-state index contributed by atoms with van der Waals surface area (Å²) >= 11 is 1.61. The largest absolute Gasteiger partial charge is 0.307 e. The number of nitrogens with zero attached hydrogens (tertiary/aromatic N) is 4. The summed E-state index contributed by atoms with van der Waals surface area (Å²) in [6.07, 6.45) is 2.21. The summed E-state index contributed by atoms with van der Waals surface area (Å²) < 4.78 is 14.9. The molecule has 2 aliphatic rings. The van der Waals surface area contributed by atoms with Gasteiger partial charge >= 0.3 is 0 Å². The average molecular weight is 303 g/mol. The maximum Gasteiger partial charge on any atom is 0.212 e. The Morgan fingerprint density at radius 2 is 2.10 bits per heavy atom. The molecule has 2 aliphatic heterocycles. The van der Waals surface area contributed by atoms with Gasteiger partial charge in [0.1, 0.15) is 5.82 Å². The molecule has 1 fully saturated rings. The molecule has 1 aromatic heterocycles. The zero-order chi connectivity index (χ0) is 14.2. The van der Waals surface area contributed by atoms with Crippen molar-refractivity contribution >= 4 is 17.5 Å². The molecule has 1 saturated heterocycles. The van der Waals surface area contributed by atoms with Gasteiger partial charge in [-0.2, -0.15) is 9.78 Å². The zero-order valence-corrected chi connectivity index (χ0v) is 12.1. The Labute approximate surface area is 125 Å². The SMILES string of the molecule is Fc1ccc(C2=Nn3c(nnc3C3CCCN3)SC2)cc1. The number of halogens is 1. The van der Waals surface area contributed by atoms with Crippen LogP contribution in [0.5, 0.6) is 0 Å². The van der Waals surface area contributed by atoms with Crippen molar-refractivity contribution in [2.24, 2.45) is 5.10 Å². The third-order valence-corrected chi connectivity index (χ3v) is 4.67. The smallest absolute Gasteiger partial charge is 0.212 e. The number of fused-ring (bicyclic) bond motifs is 1. The summed E-state index contributed by atoms with van der Waals surface area (Å²) in [5.74, 6) is 1.36.